The lowest BCUT2D eigenvalue weighted by Crippen LogP contribution is -2.23. The molecule has 0 radical (unpaired) electrons. The Hall–Kier alpha value is -1.49. The van der Waals surface area contributed by atoms with Crippen LogP contribution in [0.15, 0.2) is 30.3 Å². The van der Waals surface area contributed by atoms with Gasteiger partial charge in [0.25, 0.3) is 0 Å². The molecule has 1 rings (SSSR count). The zero-order valence-corrected chi connectivity index (χ0v) is 8.25. The fourth-order valence-electron chi connectivity index (χ4n) is 0.899. The minimum atomic E-state index is -0.572. The van der Waals surface area contributed by atoms with Crippen LogP contribution >= 0.6 is 0 Å². The minimum absolute atomic E-state index is 0.166. The normalized spacial score (nSPS) is 9.14. The number of rotatable bonds is 4. The molecule has 1 amide bonds. The highest BCUT2D eigenvalue weighted by molar-refractivity contribution is 7.65. The first-order chi connectivity index (χ1) is 6.83. The molecule has 0 aliphatic heterocycles. The molecule has 0 bridgehead atoms. The number of amides is 1. The van der Waals surface area contributed by atoms with Crippen molar-refractivity contribution in [3.63, 3.8) is 0 Å². The Morgan fingerprint density at radius 3 is 2.71 bits per heavy atom. The van der Waals surface area contributed by atoms with Crippen molar-refractivity contribution >= 4 is 17.8 Å². The van der Waals surface area contributed by atoms with Crippen LogP contribution in [0.25, 0.3) is 0 Å². The van der Waals surface area contributed by atoms with Crippen LogP contribution in [0.1, 0.15) is 5.56 Å². The molecule has 0 atom stereocenters. The third kappa shape index (κ3) is 3.95. The molecule has 4 nitrogen and oxygen atoms in total. The lowest BCUT2D eigenvalue weighted by Gasteiger charge is -2.01. The van der Waals surface area contributed by atoms with E-state index in [1.807, 2.05) is 30.3 Å². The van der Waals surface area contributed by atoms with E-state index in [1.54, 1.807) is 0 Å². The Balaban J connectivity index is 2.27. The summed E-state index contributed by atoms with van der Waals surface area (Å²) in [5.74, 6) is -0.166. The van der Waals surface area contributed by atoms with Gasteiger partial charge in [0.2, 0.25) is 0 Å². The van der Waals surface area contributed by atoms with E-state index in [0.717, 1.165) is 5.56 Å². The fourth-order valence-corrected chi connectivity index (χ4v) is 1.05. The Morgan fingerprint density at radius 1 is 1.36 bits per heavy atom. The molecule has 0 saturated carbocycles. The number of hydrogen-bond donors (Lipinski definition) is 1. The molecule has 0 spiro atoms. The molecule has 0 aliphatic carbocycles. The largest absolute Gasteiger partial charge is 0.503 e. The van der Waals surface area contributed by atoms with E-state index in [-0.39, 0.29) is 17.6 Å². The van der Waals surface area contributed by atoms with Crippen molar-refractivity contribution < 1.29 is 13.7 Å². The molecule has 0 fully saturated rings. The number of hydrogen-bond acceptors (Lipinski definition) is 3. The van der Waals surface area contributed by atoms with Gasteiger partial charge in [-0.3, -0.25) is 0 Å². The second-order valence-electron chi connectivity index (χ2n) is 2.51. The Kier molecular flexibility index (Phi) is 4.57. The van der Waals surface area contributed by atoms with Crippen LogP contribution in [-0.2, 0) is 27.2 Å². The zero-order chi connectivity index (χ0) is 10.2. The summed E-state index contributed by atoms with van der Waals surface area (Å²) in [6.07, 6.45) is -0.572. The SMILES string of the molecule is O=[S+]COC(=O)NCc1ccccc1. The highest BCUT2D eigenvalue weighted by Gasteiger charge is 2.05. The van der Waals surface area contributed by atoms with Crippen LogP contribution in [0.5, 0.6) is 0 Å². The third-order valence-corrected chi connectivity index (χ3v) is 1.73. The summed E-state index contributed by atoms with van der Waals surface area (Å²) >= 11 is 0.219. The second kappa shape index (κ2) is 6.04. The summed E-state index contributed by atoms with van der Waals surface area (Å²) < 4.78 is 14.4. The molecule has 74 valence electrons. The monoisotopic (exact) mass is 212 g/mol. The maximum atomic E-state index is 10.9. The van der Waals surface area contributed by atoms with E-state index in [0.29, 0.717) is 6.54 Å². The number of ether oxygens (including phenoxy) is 1. The van der Waals surface area contributed by atoms with Gasteiger partial charge in [-0.1, -0.05) is 30.3 Å². The van der Waals surface area contributed by atoms with Crippen molar-refractivity contribution in [2.45, 2.75) is 6.54 Å². The topological polar surface area (TPSA) is 55.4 Å². The van der Waals surface area contributed by atoms with Crippen molar-refractivity contribution in [3.05, 3.63) is 35.9 Å². The fraction of sp³-hybridized carbons (Fsp3) is 0.222. The molecule has 1 aromatic carbocycles. The lowest BCUT2D eigenvalue weighted by molar-refractivity contribution is 0.164. The standard InChI is InChI=1S/C9H9NO3S/c11-9(13-7-14-12)10-6-8-4-2-1-3-5-8/h1-5H,6-7H2/p+1. The van der Waals surface area contributed by atoms with E-state index < -0.39 is 6.09 Å². The van der Waals surface area contributed by atoms with Gasteiger partial charge >= 0.3 is 23.7 Å². The Labute approximate surface area is 85.8 Å². The molecule has 0 aliphatic rings. The summed E-state index contributed by atoms with van der Waals surface area (Å²) in [5.41, 5.74) is 0.985. The van der Waals surface area contributed by atoms with Crippen molar-refractivity contribution in [1.29, 1.82) is 0 Å². The summed E-state index contributed by atoms with van der Waals surface area (Å²) in [5, 5.41) is 2.52. The van der Waals surface area contributed by atoms with Gasteiger partial charge in [0.15, 0.2) is 0 Å². The first kappa shape index (κ1) is 10.6. The predicted molar refractivity (Wildman–Crippen MR) is 52.7 cm³/mol. The average molecular weight is 212 g/mol. The third-order valence-electron chi connectivity index (χ3n) is 1.52. The molecule has 0 aromatic heterocycles. The number of carbonyl (C=O) groups is 1. The Bertz CT molecular complexity index is 302. The molecular formula is C9H10NO3S+. The summed E-state index contributed by atoms with van der Waals surface area (Å²) in [6, 6.07) is 9.45. The van der Waals surface area contributed by atoms with Gasteiger partial charge in [0.1, 0.15) is 0 Å². The number of nitrogens with one attached hydrogen (secondary N) is 1. The molecular weight excluding hydrogens is 202 g/mol. The van der Waals surface area contributed by atoms with Crippen molar-refractivity contribution in [2.75, 3.05) is 5.94 Å². The van der Waals surface area contributed by atoms with Gasteiger partial charge in [-0.05, 0) is 5.56 Å². The second-order valence-corrected chi connectivity index (χ2v) is 2.98. The quantitative estimate of drug-likeness (QED) is 0.604. The van der Waals surface area contributed by atoms with Gasteiger partial charge in [-0.2, -0.15) is 0 Å². The molecule has 1 aromatic rings. The van der Waals surface area contributed by atoms with Crippen LogP contribution in [0, 0.1) is 0 Å². The molecule has 0 saturated heterocycles. The summed E-state index contributed by atoms with van der Waals surface area (Å²) in [7, 11) is 0. The van der Waals surface area contributed by atoms with Crippen LogP contribution < -0.4 is 5.32 Å². The van der Waals surface area contributed by atoms with Gasteiger partial charge in [-0.15, -0.1) is 0 Å². The van der Waals surface area contributed by atoms with Crippen LogP contribution in [0.3, 0.4) is 0 Å². The van der Waals surface area contributed by atoms with Crippen LogP contribution in [0.4, 0.5) is 4.79 Å². The van der Waals surface area contributed by atoms with E-state index in [2.05, 4.69) is 10.1 Å². The number of alkyl carbamates (subject to hydrolysis) is 1. The molecule has 5 heteroatoms. The highest BCUT2D eigenvalue weighted by atomic mass is 32.1. The van der Waals surface area contributed by atoms with Gasteiger partial charge in [0.05, 0.1) is 0 Å². The maximum Gasteiger partial charge on any atom is 0.503 e. The molecule has 0 heterocycles. The van der Waals surface area contributed by atoms with Gasteiger partial charge < -0.3 is 10.1 Å². The van der Waals surface area contributed by atoms with Crippen LogP contribution in [-0.4, -0.2) is 12.0 Å². The highest BCUT2D eigenvalue weighted by Crippen LogP contribution is 1.97. The predicted octanol–water partition coefficient (Wildman–Crippen LogP) is 1.30. The number of carbonyl (C=O) groups excluding carboxylic acids is 1. The van der Waals surface area contributed by atoms with Gasteiger partial charge in [0, 0.05) is 10.8 Å². The minimum Gasteiger partial charge on any atom is -0.389 e. The zero-order valence-electron chi connectivity index (χ0n) is 7.43. The molecule has 14 heavy (non-hydrogen) atoms. The van der Waals surface area contributed by atoms with E-state index in [9.17, 15) is 9.00 Å². The number of benzene rings is 1. The van der Waals surface area contributed by atoms with Crippen molar-refractivity contribution in [1.82, 2.24) is 5.32 Å². The van der Waals surface area contributed by atoms with E-state index in [1.165, 1.54) is 0 Å². The Morgan fingerprint density at radius 2 is 2.07 bits per heavy atom. The summed E-state index contributed by atoms with van der Waals surface area (Å²) in [4.78, 5) is 10.9. The molecule has 1 N–H and O–H groups in total. The van der Waals surface area contributed by atoms with E-state index in [4.69, 9.17) is 0 Å². The smallest absolute Gasteiger partial charge is 0.389 e. The van der Waals surface area contributed by atoms with Gasteiger partial charge in [-0.25, -0.2) is 4.79 Å². The molecule has 0 unspecified atom stereocenters. The first-order valence-corrected chi connectivity index (χ1v) is 4.93. The first-order valence-electron chi connectivity index (χ1n) is 4.02. The maximum absolute atomic E-state index is 10.9. The summed E-state index contributed by atoms with van der Waals surface area (Å²) in [6.45, 7) is 0.406. The lowest BCUT2D eigenvalue weighted by atomic mass is 10.2. The van der Waals surface area contributed by atoms with E-state index >= 15 is 0 Å². The average Bonchev–Trinajstić information content (AvgIpc) is 2.25. The van der Waals surface area contributed by atoms with Crippen LogP contribution in [0.2, 0.25) is 0 Å². The van der Waals surface area contributed by atoms with Crippen molar-refractivity contribution in [3.8, 4) is 0 Å². The van der Waals surface area contributed by atoms with Crippen molar-refractivity contribution in [2.24, 2.45) is 0 Å².